The highest BCUT2D eigenvalue weighted by Crippen LogP contribution is 2.26. The molecule has 0 saturated heterocycles. The second-order valence-electron chi connectivity index (χ2n) is 8.48. The van der Waals surface area contributed by atoms with Gasteiger partial charge in [-0.15, -0.1) is 0 Å². The fourth-order valence-electron chi connectivity index (χ4n) is 3.74. The smallest absolute Gasteiger partial charge is 0.257 e. The fourth-order valence-corrected chi connectivity index (χ4v) is 4.45. The normalized spacial score (nSPS) is 12.7. The molecule has 0 radical (unpaired) electrons. The number of rotatable bonds is 8. The maximum Gasteiger partial charge on any atom is 0.257 e. The number of benzene rings is 3. The average molecular weight is 497 g/mol. The lowest BCUT2D eigenvalue weighted by Crippen LogP contribution is -2.25. The second kappa shape index (κ2) is 10.6. The van der Waals surface area contributed by atoms with Gasteiger partial charge in [-0.05, 0) is 49.2 Å². The summed E-state index contributed by atoms with van der Waals surface area (Å²) in [5.74, 6) is -0.643. The number of para-hydroxylation sites is 3. The minimum absolute atomic E-state index is 0.0731. The lowest BCUT2D eigenvalue weighted by Gasteiger charge is -2.12. The van der Waals surface area contributed by atoms with E-state index < -0.39 is 0 Å². The topological polar surface area (TPSA) is 100 Å². The molecule has 0 unspecified atom stereocenters. The van der Waals surface area contributed by atoms with Crippen LogP contribution >= 0.6 is 11.8 Å². The Kier molecular flexibility index (Phi) is 6.95. The summed E-state index contributed by atoms with van der Waals surface area (Å²) in [4.78, 5) is 43.0. The van der Waals surface area contributed by atoms with Gasteiger partial charge in [-0.1, -0.05) is 60.3 Å². The van der Waals surface area contributed by atoms with Crippen molar-refractivity contribution in [2.24, 2.45) is 0 Å². The first-order valence-corrected chi connectivity index (χ1v) is 12.6. The zero-order valence-corrected chi connectivity index (χ0v) is 20.2. The average Bonchev–Trinajstić information content (AvgIpc) is 3.72. The van der Waals surface area contributed by atoms with Gasteiger partial charge in [-0.25, -0.2) is 4.98 Å². The summed E-state index contributed by atoms with van der Waals surface area (Å²) >= 11 is 1.24. The zero-order valence-electron chi connectivity index (χ0n) is 19.4. The molecule has 5 rings (SSSR count). The molecule has 3 amide bonds. The first-order chi connectivity index (χ1) is 17.6. The van der Waals surface area contributed by atoms with Crippen molar-refractivity contribution in [1.82, 2.24) is 10.3 Å². The van der Waals surface area contributed by atoms with E-state index in [4.69, 9.17) is 0 Å². The summed E-state index contributed by atoms with van der Waals surface area (Å²) in [5, 5.41) is 10.1. The molecule has 1 fully saturated rings. The van der Waals surface area contributed by atoms with Gasteiger partial charge in [0.15, 0.2) is 0 Å². The fraction of sp³-hybridized carbons (Fsp3) is 0.143. The Bertz CT molecular complexity index is 1440. The summed E-state index contributed by atoms with van der Waals surface area (Å²) in [6.45, 7) is 0. The number of thioether (sulfide) groups is 1. The van der Waals surface area contributed by atoms with Crippen LogP contribution in [0.2, 0.25) is 0 Å². The van der Waals surface area contributed by atoms with Crippen molar-refractivity contribution in [3.63, 3.8) is 0 Å². The van der Waals surface area contributed by atoms with E-state index in [0.717, 1.165) is 18.2 Å². The number of nitrogens with one attached hydrogen (secondary N) is 3. The molecule has 0 spiro atoms. The van der Waals surface area contributed by atoms with E-state index >= 15 is 0 Å². The van der Waals surface area contributed by atoms with Crippen LogP contribution in [0.5, 0.6) is 0 Å². The highest BCUT2D eigenvalue weighted by Gasteiger charge is 2.25. The zero-order chi connectivity index (χ0) is 24.9. The minimum Gasteiger partial charge on any atom is -0.349 e. The van der Waals surface area contributed by atoms with Gasteiger partial charge >= 0.3 is 0 Å². The van der Waals surface area contributed by atoms with Crippen LogP contribution in [0.3, 0.4) is 0 Å². The first-order valence-electron chi connectivity index (χ1n) is 11.7. The van der Waals surface area contributed by atoms with Crippen LogP contribution in [-0.4, -0.2) is 34.5 Å². The van der Waals surface area contributed by atoms with Crippen LogP contribution in [0.25, 0.3) is 10.9 Å². The number of aromatic nitrogens is 1. The largest absolute Gasteiger partial charge is 0.349 e. The van der Waals surface area contributed by atoms with Crippen molar-refractivity contribution < 1.29 is 14.4 Å². The van der Waals surface area contributed by atoms with E-state index in [1.165, 1.54) is 11.8 Å². The first kappa shape index (κ1) is 23.6. The van der Waals surface area contributed by atoms with Gasteiger partial charge in [-0.2, -0.15) is 0 Å². The Morgan fingerprint density at radius 1 is 0.806 bits per heavy atom. The van der Waals surface area contributed by atoms with Gasteiger partial charge in [0, 0.05) is 17.1 Å². The Hall–Kier alpha value is -4.17. The van der Waals surface area contributed by atoms with Crippen molar-refractivity contribution >= 4 is 51.8 Å². The Morgan fingerprint density at radius 3 is 2.33 bits per heavy atom. The predicted octanol–water partition coefficient (Wildman–Crippen LogP) is 5.11. The van der Waals surface area contributed by atoms with E-state index in [1.54, 1.807) is 42.5 Å². The summed E-state index contributed by atoms with van der Waals surface area (Å²) in [5.41, 5.74) is 2.71. The molecule has 8 heteroatoms. The van der Waals surface area contributed by atoms with Crippen LogP contribution in [0.1, 0.15) is 33.6 Å². The third kappa shape index (κ3) is 5.72. The van der Waals surface area contributed by atoms with Gasteiger partial charge in [0.1, 0.15) is 0 Å². The number of pyridine rings is 1. The standard InChI is InChI=1S/C28H24N4O3S/c33-25(31-24-13-7-5-11-21(24)27(34)29-18-8-2-1-3-9-18)17-36-26-16-22(28(35)30-19-14-15-19)20-10-4-6-12-23(20)32-26/h1-13,16,19H,14-15,17H2,(H,29,34)(H,30,35)(H,31,33). The Morgan fingerprint density at radius 2 is 1.53 bits per heavy atom. The van der Waals surface area contributed by atoms with Crippen molar-refractivity contribution in [2.45, 2.75) is 23.9 Å². The van der Waals surface area contributed by atoms with E-state index in [9.17, 15) is 14.4 Å². The SMILES string of the molecule is O=C(CSc1cc(C(=O)NC2CC2)c2ccccc2n1)Nc1ccccc1C(=O)Nc1ccccc1. The molecule has 36 heavy (non-hydrogen) atoms. The Labute approximate surface area is 212 Å². The number of nitrogens with zero attached hydrogens (tertiary/aromatic N) is 1. The molecule has 0 atom stereocenters. The summed E-state index contributed by atoms with van der Waals surface area (Å²) in [7, 11) is 0. The van der Waals surface area contributed by atoms with Crippen molar-refractivity contribution in [3.05, 3.63) is 96.1 Å². The molecule has 1 saturated carbocycles. The van der Waals surface area contributed by atoms with E-state index in [1.807, 2.05) is 42.5 Å². The van der Waals surface area contributed by atoms with Crippen LogP contribution in [0.15, 0.2) is 90.0 Å². The third-order valence-electron chi connectivity index (χ3n) is 5.68. The molecular formula is C28H24N4O3S. The molecular weight excluding hydrogens is 472 g/mol. The van der Waals surface area contributed by atoms with E-state index in [0.29, 0.717) is 33.0 Å². The number of fused-ring (bicyclic) bond motifs is 1. The monoisotopic (exact) mass is 496 g/mol. The molecule has 3 N–H and O–H groups in total. The van der Waals surface area contributed by atoms with Gasteiger partial charge in [-0.3, -0.25) is 14.4 Å². The summed E-state index contributed by atoms with van der Waals surface area (Å²) < 4.78 is 0. The van der Waals surface area contributed by atoms with Crippen LogP contribution < -0.4 is 16.0 Å². The maximum atomic E-state index is 12.8. The molecule has 3 aromatic carbocycles. The number of amides is 3. The van der Waals surface area contributed by atoms with Crippen LogP contribution in [-0.2, 0) is 4.79 Å². The highest BCUT2D eigenvalue weighted by atomic mass is 32.2. The van der Waals surface area contributed by atoms with Crippen LogP contribution in [0.4, 0.5) is 11.4 Å². The number of carbonyl (C=O) groups excluding carboxylic acids is 3. The lowest BCUT2D eigenvalue weighted by atomic mass is 10.1. The predicted molar refractivity (Wildman–Crippen MR) is 142 cm³/mol. The van der Waals surface area contributed by atoms with Gasteiger partial charge < -0.3 is 16.0 Å². The summed E-state index contributed by atoms with van der Waals surface area (Å²) in [6, 6.07) is 25.5. The quantitative estimate of drug-likeness (QED) is 0.294. The molecule has 0 bridgehead atoms. The van der Waals surface area contributed by atoms with E-state index in [2.05, 4.69) is 20.9 Å². The second-order valence-corrected chi connectivity index (χ2v) is 9.47. The third-order valence-corrected chi connectivity index (χ3v) is 6.59. The molecule has 1 heterocycles. The molecule has 180 valence electrons. The minimum atomic E-state index is -0.313. The number of carbonyl (C=O) groups is 3. The van der Waals surface area contributed by atoms with Gasteiger partial charge in [0.05, 0.1) is 33.1 Å². The molecule has 1 aliphatic carbocycles. The molecule has 7 nitrogen and oxygen atoms in total. The maximum absolute atomic E-state index is 12.8. The van der Waals surface area contributed by atoms with E-state index in [-0.39, 0.29) is 29.5 Å². The molecule has 1 aromatic heterocycles. The molecule has 1 aliphatic rings. The lowest BCUT2D eigenvalue weighted by molar-refractivity contribution is -0.113. The van der Waals surface area contributed by atoms with Crippen molar-refractivity contribution in [1.29, 1.82) is 0 Å². The number of hydrogen-bond acceptors (Lipinski definition) is 5. The van der Waals surface area contributed by atoms with Crippen molar-refractivity contribution in [2.75, 3.05) is 16.4 Å². The molecule has 4 aromatic rings. The Balaban J connectivity index is 1.28. The van der Waals surface area contributed by atoms with Crippen LogP contribution in [0, 0.1) is 0 Å². The van der Waals surface area contributed by atoms with Gasteiger partial charge in [0.25, 0.3) is 11.8 Å². The van der Waals surface area contributed by atoms with Gasteiger partial charge in [0.2, 0.25) is 5.91 Å². The molecule has 0 aliphatic heterocycles. The highest BCUT2D eigenvalue weighted by molar-refractivity contribution is 7.99. The number of anilines is 2. The van der Waals surface area contributed by atoms with Crippen molar-refractivity contribution in [3.8, 4) is 0 Å². The summed E-state index contributed by atoms with van der Waals surface area (Å²) in [6.07, 6.45) is 2.00. The number of hydrogen-bond donors (Lipinski definition) is 3.